The maximum atomic E-state index is 8.66. The zero-order valence-electron chi connectivity index (χ0n) is 8.97. The van der Waals surface area contributed by atoms with E-state index in [0.29, 0.717) is 11.8 Å². The molecule has 0 unspecified atom stereocenters. The van der Waals surface area contributed by atoms with Gasteiger partial charge in [0, 0.05) is 5.92 Å². The molecule has 1 N–H and O–H groups in total. The first-order chi connectivity index (χ1) is 7.26. The third-order valence-electron chi connectivity index (χ3n) is 3.03. The molecule has 0 bridgehead atoms. The van der Waals surface area contributed by atoms with Gasteiger partial charge in [0.05, 0.1) is 12.8 Å². The van der Waals surface area contributed by atoms with Gasteiger partial charge in [-0.3, -0.25) is 0 Å². The topological polar surface area (TPSA) is 41.8 Å². The highest BCUT2D eigenvalue weighted by Gasteiger charge is 2.40. The Morgan fingerprint density at radius 1 is 1.40 bits per heavy atom. The van der Waals surface area contributed by atoms with Crippen LogP contribution in [-0.4, -0.2) is 18.0 Å². The van der Waals surface area contributed by atoms with Crippen LogP contribution in [0.3, 0.4) is 0 Å². The fourth-order valence-corrected chi connectivity index (χ4v) is 1.95. The van der Waals surface area contributed by atoms with Gasteiger partial charge in [0.2, 0.25) is 0 Å². The van der Waals surface area contributed by atoms with Crippen LogP contribution in [0.5, 0.6) is 5.75 Å². The van der Waals surface area contributed by atoms with E-state index in [1.165, 1.54) is 5.56 Å². The zero-order valence-corrected chi connectivity index (χ0v) is 8.97. The van der Waals surface area contributed by atoms with Crippen molar-refractivity contribution in [2.75, 3.05) is 7.11 Å². The molecule has 0 aliphatic heterocycles. The van der Waals surface area contributed by atoms with Crippen molar-refractivity contribution in [2.24, 2.45) is 11.1 Å². The predicted molar refractivity (Wildman–Crippen MR) is 58.7 cm³/mol. The number of rotatable bonds is 3. The van der Waals surface area contributed by atoms with Crippen LogP contribution >= 0.6 is 0 Å². The normalized spacial score (nSPS) is 25.1. The summed E-state index contributed by atoms with van der Waals surface area (Å²) >= 11 is 0. The van der Waals surface area contributed by atoms with E-state index in [1.807, 2.05) is 19.1 Å². The summed E-state index contributed by atoms with van der Waals surface area (Å²) in [6, 6.07) is 8.09. The molecule has 1 saturated carbocycles. The Labute approximate surface area is 89.4 Å². The molecule has 1 aromatic carbocycles. The maximum Gasteiger partial charge on any atom is 0.118 e. The second-order valence-electron chi connectivity index (χ2n) is 3.96. The van der Waals surface area contributed by atoms with Crippen molar-refractivity contribution < 1.29 is 9.94 Å². The molecule has 1 aliphatic rings. The fraction of sp³-hybridized carbons (Fsp3) is 0.417. The van der Waals surface area contributed by atoms with Crippen LogP contribution in [0.15, 0.2) is 29.4 Å². The molecule has 3 heteroatoms. The van der Waals surface area contributed by atoms with Crippen molar-refractivity contribution in [3.8, 4) is 5.75 Å². The van der Waals surface area contributed by atoms with E-state index < -0.39 is 0 Å². The number of ether oxygens (including phenoxy) is 1. The van der Waals surface area contributed by atoms with E-state index in [2.05, 4.69) is 17.3 Å². The molecule has 2 atom stereocenters. The van der Waals surface area contributed by atoms with Crippen LogP contribution in [0.4, 0.5) is 0 Å². The lowest BCUT2D eigenvalue weighted by Crippen LogP contribution is -1.96. The molecule has 0 spiro atoms. The van der Waals surface area contributed by atoms with Crippen molar-refractivity contribution >= 4 is 5.71 Å². The van der Waals surface area contributed by atoms with Crippen LogP contribution in [-0.2, 0) is 0 Å². The van der Waals surface area contributed by atoms with Crippen LogP contribution in [0.25, 0.3) is 0 Å². The molecule has 0 saturated heterocycles. The summed E-state index contributed by atoms with van der Waals surface area (Å²) < 4.78 is 5.10. The van der Waals surface area contributed by atoms with Crippen molar-refractivity contribution in [2.45, 2.75) is 19.3 Å². The average molecular weight is 205 g/mol. The maximum absolute atomic E-state index is 8.66. The lowest BCUT2D eigenvalue weighted by atomic mass is 10.1. The molecule has 80 valence electrons. The first-order valence-corrected chi connectivity index (χ1v) is 5.08. The minimum absolute atomic E-state index is 0.420. The summed E-state index contributed by atoms with van der Waals surface area (Å²) in [5, 5.41) is 11.9. The Morgan fingerprint density at radius 3 is 2.60 bits per heavy atom. The Balaban J connectivity index is 2.07. The van der Waals surface area contributed by atoms with E-state index in [-0.39, 0.29) is 0 Å². The molecule has 15 heavy (non-hydrogen) atoms. The van der Waals surface area contributed by atoms with Gasteiger partial charge in [-0.15, -0.1) is 0 Å². The van der Waals surface area contributed by atoms with Crippen LogP contribution in [0.1, 0.15) is 24.8 Å². The highest BCUT2D eigenvalue weighted by molar-refractivity contribution is 5.87. The van der Waals surface area contributed by atoms with Gasteiger partial charge < -0.3 is 9.94 Å². The molecule has 3 nitrogen and oxygen atoms in total. The van der Waals surface area contributed by atoms with E-state index in [4.69, 9.17) is 9.94 Å². The van der Waals surface area contributed by atoms with Gasteiger partial charge in [0.25, 0.3) is 0 Å². The van der Waals surface area contributed by atoms with Crippen molar-refractivity contribution in [1.82, 2.24) is 0 Å². The van der Waals surface area contributed by atoms with Crippen LogP contribution in [0.2, 0.25) is 0 Å². The van der Waals surface area contributed by atoms with Gasteiger partial charge in [0.1, 0.15) is 5.75 Å². The molecular formula is C12H15NO2. The quantitative estimate of drug-likeness (QED) is 0.468. The van der Waals surface area contributed by atoms with Crippen molar-refractivity contribution in [3.63, 3.8) is 0 Å². The van der Waals surface area contributed by atoms with E-state index >= 15 is 0 Å². The number of oxime groups is 1. The number of methoxy groups -OCH3 is 1. The Kier molecular flexibility index (Phi) is 2.62. The molecule has 2 rings (SSSR count). The molecule has 0 heterocycles. The summed E-state index contributed by atoms with van der Waals surface area (Å²) in [6.07, 6.45) is 1.09. The van der Waals surface area contributed by atoms with Gasteiger partial charge in [-0.1, -0.05) is 17.3 Å². The van der Waals surface area contributed by atoms with Crippen molar-refractivity contribution in [1.29, 1.82) is 0 Å². The monoisotopic (exact) mass is 205 g/mol. The van der Waals surface area contributed by atoms with Crippen LogP contribution in [0, 0.1) is 5.92 Å². The molecular weight excluding hydrogens is 190 g/mol. The number of hydrogen-bond acceptors (Lipinski definition) is 3. The second kappa shape index (κ2) is 3.93. The summed E-state index contributed by atoms with van der Waals surface area (Å²) in [6.45, 7) is 1.87. The first-order valence-electron chi connectivity index (χ1n) is 5.08. The largest absolute Gasteiger partial charge is 0.497 e. The first kappa shape index (κ1) is 10.0. The lowest BCUT2D eigenvalue weighted by molar-refractivity contribution is 0.316. The van der Waals surface area contributed by atoms with E-state index in [1.54, 1.807) is 7.11 Å². The molecule has 0 amide bonds. The average Bonchev–Trinajstić information content (AvgIpc) is 3.08. The van der Waals surface area contributed by atoms with E-state index in [9.17, 15) is 0 Å². The minimum Gasteiger partial charge on any atom is -0.497 e. The number of benzene rings is 1. The highest BCUT2D eigenvalue weighted by Crippen LogP contribution is 2.48. The van der Waals surface area contributed by atoms with Gasteiger partial charge in [0.15, 0.2) is 0 Å². The van der Waals surface area contributed by atoms with E-state index in [0.717, 1.165) is 17.9 Å². The Morgan fingerprint density at radius 2 is 2.07 bits per heavy atom. The second-order valence-corrected chi connectivity index (χ2v) is 3.96. The molecule has 0 aromatic heterocycles. The summed E-state index contributed by atoms with van der Waals surface area (Å²) in [7, 11) is 1.66. The van der Waals surface area contributed by atoms with Gasteiger partial charge >= 0.3 is 0 Å². The minimum atomic E-state index is 0.420. The number of nitrogens with zero attached hydrogens (tertiary/aromatic N) is 1. The third-order valence-corrected chi connectivity index (χ3v) is 3.03. The lowest BCUT2D eigenvalue weighted by Gasteiger charge is -2.02. The third kappa shape index (κ3) is 1.96. The SMILES string of the molecule is COc1ccc([C@@H]2C[C@H]2/C(C)=N\O)cc1. The molecule has 1 aromatic rings. The smallest absolute Gasteiger partial charge is 0.118 e. The molecule has 0 radical (unpaired) electrons. The van der Waals surface area contributed by atoms with Crippen LogP contribution < -0.4 is 4.74 Å². The van der Waals surface area contributed by atoms with Gasteiger partial charge in [-0.2, -0.15) is 0 Å². The molecule has 1 aliphatic carbocycles. The van der Waals surface area contributed by atoms with Crippen molar-refractivity contribution in [3.05, 3.63) is 29.8 Å². The molecule has 1 fully saturated rings. The fourth-order valence-electron chi connectivity index (χ4n) is 1.95. The standard InChI is InChI=1S/C12H15NO2/c1-8(13-14)11-7-12(11)9-3-5-10(15-2)6-4-9/h3-6,11-12,14H,7H2,1-2H3/b13-8-/t11-,12-/m0/s1. The number of hydrogen-bond donors (Lipinski definition) is 1. The van der Waals surface area contributed by atoms with Gasteiger partial charge in [-0.25, -0.2) is 0 Å². The zero-order chi connectivity index (χ0) is 10.8. The Hall–Kier alpha value is -1.51. The predicted octanol–water partition coefficient (Wildman–Crippen LogP) is 2.65. The summed E-state index contributed by atoms with van der Waals surface area (Å²) in [5.74, 6) is 1.82. The van der Waals surface area contributed by atoms with Gasteiger partial charge in [-0.05, 0) is 37.0 Å². The summed E-state index contributed by atoms with van der Waals surface area (Å²) in [4.78, 5) is 0. The Bertz CT molecular complexity index is 370. The highest BCUT2D eigenvalue weighted by atomic mass is 16.5. The summed E-state index contributed by atoms with van der Waals surface area (Å²) in [5.41, 5.74) is 2.12.